The van der Waals surface area contributed by atoms with Crippen molar-refractivity contribution in [3.63, 3.8) is 0 Å². The van der Waals surface area contributed by atoms with Gasteiger partial charge < -0.3 is 4.98 Å². The Labute approximate surface area is 55.4 Å². The summed E-state index contributed by atoms with van der Waals surface area (Å²) in [6.07, 6.45) is 3.87. The molecule has 1 rings (SSSR count). The van der Waals surface area contributed by atoms with Crippen LogP contribution in [0.3, 0.4) is 0 Å². The highest BCUT2D eigenvalue weighted by Gasteiger charge is 1.96. The Kier molecular flexibility index (Phi) is 1.43. The second kappa shape index (κ2) is 2.09. The lowest BCUT2D eigenvalue weighted by Crippen LogP contribution is -1.73. The largest absolute Gasteiger partial charge is 0.364 e. The van der Waals surface area contributed by atoms with Gasteiger partial charge in [0.05, 0.1) is 0 Å². The minimum Gasteiger partial charge on any atom is -0.364 e. The van der Waals surface area contributed by atoms with Crippen molar-refractivity contribution in [1.29, 1.82) is 0 Å². The van der Waals surface area contributed by atoms with E-state index in [-0.39, 0.29) is 0 Å². The molecule has 1 heterocycles. The highest BCUT2D eigenvalue weighted by atomic mass is 14.7. The third-order valence-electron chi connectivity index (χ3n) is 1.54. The van der Waals surface area contributed by atoms with Crippen molar-refractivity contribution in [2.45, 2.75) is 13.8 Å². The molecular weight excluding hydrogens is 110 g/mol. The smallest absolute Gasteiger partial charge is 0.0191 e. The van der Waals surface area contributed by atoms with Crippen molar-refractivity contribution in [2.75, 3.05) is 0 Å². The first kappa shape index (κ1) is 6.14. The van der Waals surface area contributed by atoms with Gasteiger partial charge in [-0.15, -0.1) is 0 Å². The topological polar surface area (TPSA) is 15.8 Å². The van der Waals surface area contributed by atoms with Crippen molar-refractivity contribution in [3.8, 4) is 0 Å². The Balaban J connectivity index is 3.22. The predicted octanol–water partition coefficient (Wildman–Crippen LogP) is 2.27. The van der Waals surface area contributed by atoms with Gasteiger partial charge in [-0.1, -0.05) is 12.7 Å². The van der Waals surface area contributed by atoms with E-state index >= 15 is 0 Å². The number of hydrogen-bond donors (Lipinski definition) is 1. The second-order valence-electron chi connectivity index (χ2n) is 2.21. The molecule has 0 saturated carbocycles. The normalized spacial score (nSPS) is 9.56. The van der Waals surface area contributed by atoms with E-state index in [0.29, 0.717) is 0 Å². The van der Waals surface area contributed by atoms with Gasteiger partial charge in [-0.2, -0.15) is 0 Å². The van der Waals surface area contributed by atoms with Crippen molar-refractivity contribution >= 4 is 6.08 Å². The van der Waals surface area contributed by atoms with Crippen LogP contribution in [0, 0.1) is 13.8 Å². The molecule has 0 unspecified atom stereocenters. The van der Waals surface area contributed by atoms with Crippen LogP contribution in [-0.2, 0) is 0 Å². The van der Waals surface area contributed by atoms with Crippen molar-refractivity contribution in [2.24, 2.45) is 0 Å². The lowest BCUT2D eigenvalue weighted by atomic mass is 10.2. The van der Waals surface area contributed by atoms with Crippen LogP contribution in [0.15, 0.2) is 12.8 Å². The molecule has 0 amide bonds. The molecule has 1 aromatic heterocycles. The molecule has 0 radical (unpaired) electrons. The van der Waals surface area contributed by atoms with Crippen LogP contribution >= 0.6 is 0 Å². The minimum absolute atomic E-state index is 1.20. The molecule has 0 aliphatic rings. The summed E-state index contributed by atoms with van der Waals surface area (Å²) in [4.78, 5) is 3.12. The zero-order valence-corrected chi connectivity index (χ0v) is 5.86. The average molecular weight is 121 g/mol. The predicted molar refractivity (Wildman–Crippen MR) is 40.4 cm³/mol. The molecule has 1 heteroatoms. The van der Waals surface area contributed by atoms with E-state index in [1.54, 1.807) is 0 Å². The quantitative estimate of drug-likeness (QED) is 0.586. The molecule has 0 atom stereocenters. The Hall–Kier alpha value is -0.980. The Morgan fingerprint density at radius 3 is 2.44 bits per heavy atom. The molecule has 9 heavy (non-hydrogen) atoms. The van der Waals surface area contributed by atoms with E-state index in [2.05, 4.69) is 18.5 Å². The molecule has 0 aliphatic heterocycles. The van der Waals surface area contributed by atoms with Crippen LogP contribution in [0.2, 0.25) is 0 Å². The first-order valence-corrected chi connectivity index (χ1v) is 3.02. The monoisotopic (exact) mass is 121 g/mol. The molecule has 1 aromatic rings. The van der Waals surface area contributed by atoms with Gasteiger partial charge in [0.25, 0.3) is 0 Å². The maximum atomic E-state index is 3.70. The molecule has 0 aliphatic carbocycles. The van der Waals surface area contributed by atoms with Crippen LogP contribution in [-0.4, -0.2) is 4.98 Å². The summed E-state index contributed by atoms with van der Waals surface area (Å²) in [6, 6.07) is 0. The van der Waals surface area contributed by atoms with Crippen LogP contribution in [0.5, 0.6) is 0 Å². The van der Waals surface area contributed by atoms with Gasteiger partial charge in [0.1, 0.15) is 0 Å². The van der Waals surface area contributed by atoms with Gasteiger partial charge in [0.2, 0.25) is 0 Å². The first-order chi connectivity index (χ1) is 4.25. The summed E-state index contributed by atoms with van der Waals surface area (Å²) in [6.45, 7) is 7.82. The highest BCUT2D eigenvalue weighted by molar-refractivity contribution is 5.53. The summed E-state index contributed by atoms with van der Waals surface area (Å²) in [5.74, 6) is 0. The Bertz CT molecular complexity index is 201. The first-order valence-electron chi connectivity index (χ1n) is 3.02. The molecule has 48 valence electrons. The SMILES string of the molecule is C=Cc1c(C)c[nH]c1C. The van der Waals surface area contributed by atoms with Crippen molar-refractivity contribution < 1.29 is 0 Å². The number of aromatic amines is 1. The van der Waals surface area contributed by atoms with Gasteiger partial charge in [-0.3, -0.25) is 0 Å². The Morgan fingerprint density at radius 2 is 2.22 bits per heavy atom. The summed E-state index contributed by atoms with van der Waals surface area (Å²) in [5, 5.41) is 0. The molecule has 0 fully saturated rings. The zero-order chi connectivity index (χ0) is 6.85. The van der Waals surface area contributed by atoms with Gasteiger partial charge in [-0.05, 0) is 25.0 Å². The standard InChI is InChI=1S/C8H11N/c1-4-8-6(2)5-9-7(8)3/h4-5,9H,1H2,2-3H3. The zero-order valence-electron chi connectivity index (χ0n) is 5.86. The van der Waals surface area contributed by atoms with E-state index in [0.717, 1.165) is 0 Å². The molecule has 0 spiro atoms. The summed E-state index contributed by atoms with van der Waals surface area (Å²) in [7, 11) is 0. The number of hydrogen-bond acceptors (Lipinski definition) is 0. The Morgan fingerprint density at radius 1 is 1.56 bits per heavy atom. The van der Waals surface area contributed by atoms with E-state index < -0.39 is 0 Å². The fraction of sp³-hybridized carbons (Fsp3) is 0.250. The third kappa shape index (κ3) is 0.900. The fourth-order valence-electron chi connectivity index (χ4n) is 0.982. The molecule has 0 bridgehead atoms. The minimum atomic E-state index is 1.20. The third-order valence-corrected chi connectivity index (χ3v) is 1.54. The summed E-state index contributed by atoms with van der Waals surface area (Å²) >= 11 is 0. The fourth-order valence-corrected chi connectivity index (χ4v) is 0.982. The molecule has 0 aromatic carbocycles. The number of aromatic nitrogens is 1. The van der Waals surface area contributed by atoms with Crippen LogP contribution in [0.25, 0.3) is 6.08 Å². The van der Waals surface area contributed by atoms with Gasteiger partial charge in [0, 0.05) is 11.9 Å². The van der Waals surface area contributed by atoms with Crippen LogP contribution < -0.4 is 0 Å². The maximum Gasteiger partial charge on any atom is 0.0191 e. The van der Waals surface area contributed by atoms with Crippen molar-refractivity contribution in [1.82, 2.24) is 4.98 Å². The number of nitrogens with one attached hydrogen (secondary N) is 1. The van der Waals surface area contributed by atoms with Gasteiger partial charge in [-0.25, -0.2) is 0 Å². The summed E-state index contributed by atoms with van der Waals surface area (Å²) in [5.41, 5.74) is 3.69. The molecule has 1 nitrogen and oxygen atoms in total. The second-order valence-corrected chi connectivity index (χ2v) is 2.21. The van der Waals surface area contributed by atoms with Gasteiger partial charge in [0.15, 0.2) is 0 Å². The number of aryl methyl sites for hydroxylation is 2. The molecule has 1 N–H and O–H groups in total. The van der Waals surface area contributed by atoms with Crippen LogP contribution in [0.4, 0.5) is 0 Å². The lowest BCUT2D eigenvalue weighted by Gasteiger charge is -1.89. The van der Waals surface area contributed by atoms with E-state index in [9.17, 15) is 0 Å². The average Bonchev–Trinajstić information content (AvgIpc) is 2.12. The van der Waals surface area contributed by atoms with E-state index in [1.165, 1.54) is 16.8 Å². The molecule has 0 saturated heterocycles. The van der Waals surface area contributed by atoms with Crippen LogP contribution in [0.1, 0.15) is 16.8 Å². The maximum absolute atomic E-state index is 3.70. The van der Waals surface area contributed by atoms with E-state index in [1.807, 2.05) is 19.2 Å². The number of rotatable bonds is 1. The lowest BCUT2D eigenvalue weighted by molar-refractivity contribution is 1.26. The molecular formula is C8H11N. The number of H-pyrrole nitrogens is 1. The van der Waals surface area contributed by atoms with Gasteiger partial charge >= 0.3 is 0 Å². The summed E-state index contributed by atoms with van der Waals surface area (Å²) < 4.78 is 0. The van der Waals surface area contributed by atoms with E-state index in [4.69, 9.17) is 0 Å². The van der Waals surface area contributed by atoms with Crippen molar-refractivity contribution in [3.05, 3.63) is 29.6 Å². The highest BCUT2D eigenvalue weighted by Crippen LogP contribution is 2.12.